The molecule has 7 heteroatoms. The first-order valence-corrected chi connectivity index (χ1v) is 6.34. The van der Waals surface area contributed by atoms with Gasteiger partial charge in [0.25, 0.3) is 0 Å². The molecule has 0 amide bonds. The average molecular weight is 295 g/mol. The summed E-state index contributed by atoms with van der Waals surface area (Å²) in [5, 5.41) is 0. The molecule has 0 saturated carbocycles. The third-order valence-corrected chi connectivity index (χ3v) is 3.04. The summed E-state index contributed by atoms with van der Waals surface area (Å²) < 4.78 is 47.7. The van der Waals surface area contributed by atoms with Gasteiger partial charge in [-0.05, 0) is 42.8 Å². The summed E-state index contributed by atoms with van der Waals surface area (Å²) >= 11 is -0.223. The number of hydrogen-bond acceptors (Lipinski definition) is 4. The van der Waals surface area contributed by atoms with Gasteiger partial charge in [0, 0.05) is 6.04 Å². The van der Waals surface area contributed by atoms with E-state index in [1.54, 1.807) is 13.0 Å². The van der Waals surface area contributed by atoms with Crippen LogP contribution in [0.3, 0.4) is 0 Å². The first kappa shape index (κ1) is 16.0. The van der Waals surface area contributed by atoms with E-state index in [0.29, 0.717) is 12.0 Å². The number of methoxy groups -OCH3 is 2. The zero-order valence-electron chi connectivity index (χ0n) is 10.9. The van der Waals surface area contributed by atoms with Crippen molar-refractivity contribution in [3.05, 3.63) is 17.7 Å². The second-order valence-electron chi connectivity index (χ2n) is 4.06. The molecule has 0 heterocycles. The summed E-state index contributed by atoms with van der Waals surface area (Å²) in [6, 6.07) is 2.92. The van der Waals surface area contributed by atoms with Gasteiger partial charge >= 0.3 is 5.51 Å². The lowest BCUT2D eigenvalue weighted by molar-refractivity contribution is -0.0328. The molecular formula is C12H16F3NO2S. The van der Waals surface area contributed by atoms with E-state index in [-0.39, 0.29) is 34.2 Å². The van der Waals surface area contributed by atoms with Crippen molar-refractivity contribution in [2.24, 2.45) is 5.73 Å². The normalized spacial score (nSPS) is 13.2. The fourth-order valence-corrected chi connectivity index (χ4v) is 2.41. The van der Waals surface area contributed by atoms with Gasteiger partial charge in [-0.25, -0.2) is 0 Å². The third kappa shape index (κ3) is 4.83. The van der Waals surface area contributed by atoms with Crippen LogP contribution in [0.2, 0.25) is 0 Å². The molecule has 1 aromatic carbocycles. The monoisotopic (exact) mass is 295 g/mol. The molecule has 1 rings (SSSR count). The summed E-state index contributed by atoms with van der Waals surface area (Å²) in [6.07, 6.45) is 0.464. The minimum absolute atomic E-state index is 0.0231. The molecule has 0 radical (unpaired) electrons. The number of hydrogen-bond donors (Lipinski definition) is 1. The molecule has 1 unspecified atom stereocenters. The van der Waals surface area contributed by atoms with Gasteiger partial charge in [-0.3, -0.25) is 0 Å². The molecule has 108 valence electrons. The van der Waals surface area contributed by atoms with E-state index in [2.05, 4.69) is 0 Å². The fraction of sp³-hybridized carbons (Fsp3) is 0.500. The zero-order valence-corrected chi connectivity index (χ0v) is 11.7. The largest absolute Gasteiger partial charge is 0.493 e. The van der Waals surface area contributed by atoms with Gasteiger partial charge in [-0.15, -0.1) is 0 Å². The van der Waals surface area contributed by atoms with Crippen LogP contribution in [0.15, 0.2) is 17.0 Å². The Bertz CT molecular complexity index is 436. The molecule has 1 atom stereocenters. The number of halogens is 3. The highest BCUT2D eigenvalue weighted by atomic mass is 32.2. The maximum absolute atomic E-state index is 12.5. The molecule has 0 aliphatic carbocycles. The lowest BCUT2D eigenvalue weighted by Crippen LogP contribution is -2.18. The van der Waals surface area contributed by atoms with Gasteiger partial charge in [-0.1, -0.05) is 0 Å². The van der Waals surface area contributed by atoms with E-state index in [1.165, 1.54) is 20.3 Å². The topological polar surface area (TPSA) is 44.5 Å². The molecule has 0 saturated heterocycles. The molecular weight excluding hydrogens is 279 g/mol. The van der Waals surface area contributed by atoms with Gasteiger partial charge in [0.05, 0.1) is 19.1 Å². The predicted octanol–water partition coefficient (Wildman–Crippen LogP) is 3.21. The van der Waals surface area contributed by atoms with Crippen LogP contribution >= 0.6 is 11.8 Å². The number of nitrogens with two attached hydrogens (primary N) is 1. The Kier molecular flexibility index (Phi) is 5.37. The highest BCUT2D eigenvalue weighted by Crippen LogP contribution is 2.45. The van der Waals surface area contributed by atoms with Gasteiger partial charge in [0.1, 0.15) is 0 Å². The molecule has 0 bridgehead atoms. The van der Waals surface area contributed by atoms with E-state index in [0.717, 1.165) is 0 Å². The molecule has 0 aliphatic heterocycles. The Labute approximate surface area is 114 Å². The van der Waals surface area contributed by atoms with Crippen LogP contribution in [0.4, 0.5) is 13.2 Å². The molecule has 3 nitrogen and oxygen atoms in total. The van der Waals surface area contributed by atoms with Crippen molar-refractivity contribution in [1.82, 2.24) is 0 Å². The van der Waals surface area contributed by atoms with Crippen molar-refractivity contribution in [2.45, 2.75) is 29.8 Å². The molecule has 0 fully saturated rings. The number of benzene rings is 1. The number of thioether (sulfide) groups is 1. The van der Waals surface area contributed by atoms with Crippen molar-refractivity contribution < 1.29 is 22.6 Å². The number of ether oxygens (including phenoxy) is 2. The van der Waals surface area contributed by atoms with E-state index >= 15 is 0 Å². The summed E-state index contributed by atoms with van der Waals surface area (Å²) in [5.74, 6) is 0.352. The minimum Gasteiger partial charge on any atom is -0.493 e. The van der Waals surface area contributed by atoms with E-state index in [4.69, 9.17) is 15.2 Å². The Morgan fingerprint density at radius 2 is 1.89 bits per heavy atom. The molecule has 0 aromatic heterocycles. The summed E-state index contributed by atoms with van der Waals surface area (Å²) in [7, 11) is 2.69. The van der Waals surface area contributed by atoms with E-state index < -0.39 is 5.51 Å². The fourth-order valence-electron chi connectivity index (χ4n) is 1.67. The van der Waals surface area contributed by atoms with Gasteiger partial charge in [-0.2, -0.15) is 13.2 Å². The van der Waals surface area contributed by atoms with Crippen LogP contribution in [-0.4, -0.2) is 25.8 Å². The first-order chi connectivity index (χ1) is 8.76. The Morgan fingerprint density at radius 3 is 2.32 bits per heavy atom. The van der Waals surface area contributed by atoms with Crippen LogP contribution in [0.1, 0.15) is 12.5 Å². The Morgan fingerprint density at radius 1 is 1.26 bits per heavy atom. The van der Waals surface area contributed by atoms with Gasteiger partial charge < -0.3 is 15.2 Å². The number of rotatable bonds is 5. The SMILES string of the molecule is COc1cc(CC(C)N)cc(SC(F)(F)F)c1OC. The molecule has 0 aliphatic rings. The lowest BCUT2D eigenvalue weighted by atomic mass is 10.1. The first-order valence-electron chi connectivity index (χ1n) is 5.53. The smallest absolute Gasteiger partial charge is 0.446 e. The molecule has 0 spiro atoms. The van der Waals surface area contributed by atoms with Crippen LogP contribution in [0.5, 0.6) is 11.5 Å². The number of alkyl halides is 3. The summed E-state index contributed by atoms with van der Waals surface area (Å²) in [5.41, 5.74) is 1.96. The predicted molar refractivity (Wildman–Crippen MR) is 68.8 cm³/mol. The second-order valence-corrected chi connectivity index (χ2v) is 5.17. The van der Waals surface area contributed by atoms with Crippen LogP contribution in [-0.2, 0) is 6.42 Å². The third-order valence-electron chi connectivity index (χ3n) is 2.29. The minimum atomic E-state index is -4.38. The van der Waals surface area contributed by atoms with Gasteiger partial charge in [0.15, 0.2) is 11.5 Å². The summed E-state index contributed by atoms with van der Waals surface area (Å²) in [6.45, 7) is 1.79. The van der Waals surface area contributed by atoms with Gasteiger partial charge in [0.2, 0.25) is 0 Å². The standard InChI is InChI=1S/C12H16F3NO2S/c1-7(16)4-8-5-9(17-2)11(18-3)10(6-8)19-12(13,14)15/h5-7H,4,16H2,1-3H3. The second kappa shape index (κ2) is 6.38. The molecule has 2 N–H and O–H groups in total. The zero-order chi connectivity index (χ0) is 14.6. The highest BCUT2D eigenvalue weighted by Gasteiger charge is 2.32. The Balaban J connectivity index is 3.23. The van der Waals surface area contributed by atoms with E-state index in [1.807, 2.05) is 0 Å². The van der Waals surface area contributed by atoms with Crippen molar-refractivity contribution in [3.8, 4) is 11.5 Å². The highest BCUT2D eigenvalue weighted by molar-refractivity contribution is 8.00. The van der Waals surface area contributed by atoms with Crippen LogP contribution in [0.25, 0.3) is 0 Å². The average Bonchev–Trinajstić information content (AvgIpc) is 2.25. The quantitative estimate of drug-likeness (QED) is 0.847. The molecule has 1 aromatic rings. The maximum Gasteiger partial charge on any atom is 0.446 e. The van der Waals surface area contributed by atoms with Crippen molar-refractivity contribution >= 4 is 11.8 Å². The lowest BCUT2D eigenvalue weighted by Gasteiger charge is -2.16. The Hall–Kier alpha value is -1.08. The van der Waals surface area contributed by atoms with Crippen molar-refractivity contribution in [1.29, 1.82) is 0 Å². The van der Waals surface area contributed by atoms with Crippen molar-refractivity contribution in [3.63, 3.8) is 0 Å². The van der Waals surface area contributed by atoms with Crippen molar-refractivity contribution in [2.75, 3.05) is 14.2 Å². The summed E-state index contributed by atoms with van der Waals surface area (Å²) in [4.78, 5) is -0.0231. The van der Waals surface area contributed by atoms with Crippen LogP contribution < -0.4 is 15.2 Å². The molecule has 19 heavy (non-hydrogen) atoms. The van der Waals surface area contributed by atoms with E-state index in [9.17, 15) is 13.2 Å². The van der Waals surface area contributed by atoms with Crippen LogP contribution in [0, 0.1) is 0 Å². The maximum atomic E-state index is 12.5.